The molecule has 1 aromatic rings. The molecule has 0 aliphatic carbocycles. The molecule has 1 unspecified atom stereocenters. The van der Waals surface area contributed by atoms with E-state index in [4.69, 9.17) is 9.84 Å². The molecule has 1 aromatic carbocycles. The number of nitrogens with zero attached hydrogens (tertiary/aromatic N) is 1. The number of ether oxygens (including phenoxy) is 1. The summed E-state index contributed by atoms with van der Waals surface area (Å²) in [6.45, 7) is 7.22. The largest absolute Gasteiger partial charge is 0.496 e. The zero-order chi connectivity index (χ0) is 14.6. The summed E-state index contributed by atoms with van der Waals surface area (Å²) in [5.41, 5.74) is 4.82. The lowest BCUT2D eigenvalue weighted by atomic mass is 9.97. The van der Waals surface area contributed by atoms with E-state index in [9.17, 15) is 5.11 Å². The highest BCUT2D eigenvalue weighted by Gasteiger charge is 2.14. The van der Waals surface area contributed by atoms with Crippen molar-refractivity contribution in [1.82, 2.24) is 4.90 Å². The van der Waals surface area contributed by atoms with Crippen molar-refractivity contribution in [3.8, 4) is 5.75 Å². The molecule has 0 fully saturated rings. The Morgan fingerprint density at radius 3 is 2.42 bits per heavy atom. The zero-order valence-corrected chi connectivity index (χ0v) is 12.5. The van der Waals surface area contributed by atoms with Gasteiger partial charge in [-0.1, -0.05) is 0 Å². The van der Waals surface area contributed by atoms with Crippen LogP contribution in [0.5, 0.6) is 5.75 Å². The zero-order valence-electron chi connectivity index (χ0n) is 12.5. The summed E-state index contributed by atoms with van der Waals surface area (Å²) in [5.74, 6) is 0.914. The number of benzene rings is 1. The first-order chi connectivity index (χ1) is 8.90. The topological polar surface area (TPSA) is 52.9 Å². The fraction of sp³-hybridized carbons (Fsp3) is 0.600. The van der Waals surface area contributed by atoms with Crippen LogP contribution in [0.3, 0.4) is 0 Å². The molecule has 1 atom stereocenters. The van der Waals surface area contributed by atoms with Crippen molar-refractivity contribution in [3.05, 3.63) is 28.3 Å². The smallest absolute Gasteiger partial charge is 0.122 e. The van der Waals surface area contributed by atoms with Crippen molar-refractivity contribution in [3.63, 3.8) is 0 Å². The predicted octanol–water partition coefficient (Wildman–Crippen LogP) is 1.41. The van der Waals surface area contributed by atoms with Crippen LogP contribution < -0.4 is 4.74 Å². The van der Waals surface area contributed by atoms with Crippen LogP contribution in [0.2, 0.25) is 0 Å². The van der Waals surface area contributed by atoms with Gasteiger partial charge in [-0.25, -0.2) is 0 Å². The van der Waals surface area contributed by atoms with Gasteiger partial charge in [0.25, 0.3) is 0 Å². The summed E-state index contributed by atoms with van der Waals surface area (Å²) in [4.78, 5) is 2.02. The van der Waals surface area contributed by atoms with E-state index in [1.54, 1.807) is 7.11 Å². The SMILES string of the molecule is COc1cc(C)c(CN(C)CC(O)CO)c(C)c1C. The van der Waals surface area contributed by atoms with Gasteiger partial charge < -0.3 is 14.9 Å². The lowest BCUT2D eigenvalue weighted by molar-refractivity contribution is 0.0647. The molecule has 108 valence electrons. The minimum atomic E-state index is -0.690. The molecule has 19 heavy (non-hydrogen) atoms. The number of hydrogen-bond donors (Lipinski definition) is 2. The van der Waals surface area contributed by atoms with Crippen LogP contribution in [-0.2, 0) is 6.54 Å². The van der Waals surface area contributed by atoms with Gasteiger partial charge >= 0.3 is 0 Å². The molecule has 0 bridgehead atoms. The Labute approximate surface area is 115 Å². The summed E-state index contributed by atoms with van der Waals surface area (Å²) in [7, 11) is 3.63. The number of likely N-dealkylation sites (N-methyl/N-ethyl adjacent to an activating group) is 1. The standard InChI is InChI=1S/C15H25NO3/c1-10-6-15(19-5)12(3)11(2)14(10)8-16(4)7-13(18)9-17/h6,13,17-18H,7-9H2,1-5H3. The van der Waals surface area contributed by atoms with Gasteiger partial charge in [0.2, 0.25) is 0 Å². The Morgan fingerprint density at radius 2 is 1.89 bits per heavy atom. The predicted molar refractivity (Wildman–Crippen MR) is 76.6 cm³/mol. The number of rotatable bonds is 6. The molecule has 0 aliphatic heterocycles. The molecule has 0 spiro atoms. The van der Waals surface area contributed by atoms with Crippen LogP contribution in [0.4, 0.5) is 0 Å². The van der Waals surface area contributed by atoms with E-state index in [1.807, 2.05) is 18.0 Å². The molecule has 2 N–H and O–H groups in total. The Kier molecular flexibility index (Phi) is 5.79. The van der Waals surface area contributed by atoms with Crippen molar-refractivity contribution in [2.75, 3.05) is 27.3 Å². The maximum Gasteiger partial charge on any atom is 0.122 e. The molecule has 0 aromatic heterocycles. The van der Waals surface area contributed by atoms with E-state index < -0.39 is 6.10 Å². The fourth-order valence-electron chi connectivity index (χ4n) is 2.31. The molecule has 0 aliphatic rings. The van der Waals surface area contributed by atoms with Crippen LogP contribution in [0, 0.1) is 20.8 Å². The number of methoxy groups -OCH3 is 1. The monoisotopic (exact) mass is 267 g/mol. The maximum atomic E-state index is 9.47. The lowest BCUT2D eigenvalue weighted by Gasteiger charge is -2.23. The van der Waals surface area contributed by atoms with E-state index in [0.717, 1.165) is 17.9 Å². The molecule has 0 heterocycles. The Balaban J connectivity index is 2.92. The third-order valence-electron chi connectivity index (χ3n) is 3.59. The molecule has 0 saturated carbocycles. The summed E-state index contributed by atoms with van der Waals surface area (Å²) >= 11 is 0. The molecular weight excluding hydrogens is 242 g/mol. The minimum absolute atomic E-state index is 0.204. The first-order valence-electron chi connectivity index (χ1n) is 6.51. The van der Waals surface area contributed by atoms with Crippen molar-refractivity contribution in [1.29, 1.82) is 0 Å². The lowest BCUT2D eigenvalue weighted by Crippen LogP contribution is -2.31. The van der Waals surface area contributed by atoms with Gasteiger partial charge in [-0.15, -0.1) is 0 Å². The van der Waals surface area contributed by atoms with Crippen LogP contribution in [-0.4, -0.2) is 48.5 Å². The normalized spacial score (nSPS) is 12.8. The number of aliphatic hydroxyl groups is 2. The summed E-state index contributed by atoms with van der Waals surface area (Å²) in [6, 6.07) is 2.05. The summed E-state index contributed by atoms with van der Waals surface area (Å²) in [5, 5.41) is 18.3. The Hall–Kier alpha value is -1.10. The number of aryl methyl sites for hydroxylation is 1. The molecular formula is C15H25NO3. The quantitative estimate of drug-likeness (QED) is 0.818. The molecule has 0 saturated heterocycles. The van der Waals surface area contributed by atoms with E-state index in [0.29, 0.717) is 6.54 Å². The van der Waals surface area contributed by atoms with Crippen molar-refractivity contribution >= 4 is 0 Å². The Morgan fingerprint density at radius 1 is 1.26 bits per heavy atom. The van der Waals surface area contributed by atoms with Crippen molar-refractivity contribution < 1.29 is 14.9 Å². The van der Waals surface area contributed by atoms with Crippen LogP contribution in [0.25, 0.3) is 0 Å². The van der Waals surface area contributed by atoms with Crippen LogP contribution in [0.1, 0.15) is 22.3 Å². The van der Waals surface area contributed by atoms with Gasteiger partial charge in [-0.05, 0) is 56.1 Å². The second kappa shape index (κ2) is 6.89. The average molecular weight is 267 g/mol. The fourth-order valence-corrected chi connectivity index (χ4v) is 2.31. The van der Waals surface area contributed by atoms with Crippen molar-refractivity contribution in [2.45, 2.75) is 33.4 Å². The third kappa shape index (κ3) is 3.93. The number of hydrogen-bond acceptors (Lipinski definition) is 4. The van der Waals surface area contributed by atoms with E-state index in [-0.39, 0.29) is 6.61 Å². The number of aliphatic hydroxyl groups excluding tert-OH is 2. The van der Waals surface area contributed by atoms with E-state index >= 15 is 0 Å². The first-order valence-corrected chi connectivity index (χ1v) is 6.51. The van der Waals surface area contributed by atoms with Gasteiger partial charge in [-0.2, -0.15) is 0 Å². The summed E-state index contributed by atoms with van der Waals surface area (Å²) < 4.78 is 5.36. The molecule has 4 nitrogen and oxygen atoms in total. The third-order valence-corrected chi connectivity index (χ3v) is 3.59. The second-order valence-electron chi connectivity index (χ2n) is 5.16. The van der Waals surface area contributed by atoms with E-state index in [2.05, 4.69) is 20.8 Å². The van der Waals surface area contributed by atoms with Gasteiger partial charge in [0.05, 0.1) is 19.8 Å². The van der Waals surface area contributed by atoms with Crippen molar-refractivity contribution in [2.24, 2.45) is 0 Å². The maximum absolute atomic E-state index is 9.47. The highest BCUT2D eigenvalue weighted by molar-refractivity contribution is 5.48. The molecule has 4 heteroatoms. The molecule has 0 radical (unpaired) electrons. The van der Waals surface area contributed by atoms with Gasteiger partial charge in [0.1, 0.15) is 5.75 Å². The minimum Gasteiger partial charge on any atom is -0.496 e. The van der Waals surface area contributed by atoms with Crippen LogP contribution >= 0.6 is 0 Å². The van der Waals surface area contributed by atoms with Gasteiger partial charge in [-0.3, -0.25) is 4.90 Å². The highest BCUT2D eigenvalue weighted by Crippen LogP contribution is 2.28. The second-order valence-corrected chi connectivity index (χ2v) is 5.16. The van der Waals surface area contributed by atoms with Gasteiger partial charge in [0.15, 0.2) is 0 Å². The Bertz CT molecular complexity index is 432. The summed E-state index contributed by atoms with van der Waals surface area (Å²) in [6.07, 6.45) is -0.690. The highest BCUT2D eigenvalue weighted by atomic mass is 16.5. The molecule has 1 rings (SSSR count). The van der Waals surface area contributed by atoms with Crippen LogP contribution in [0.15, 0.2) is 6.07 Å². The first kappa shape index (κ1) is 16.0. The van der Waals surface area contributed by atoms with Gasteiger partial charge in [0, 0.05) is 13.1 Å². The van der Waals surface area contributed by atoms with E-state index in [1.165, 1.54) is 16.7 Å². The molecule has 0 amide bonds. The average Bonchev–Trinajstić information content (AvgIpc) is 2.38.